The molecule has 1 saturated heterocycles. The van der Waals surface area contributed by atoms with Crippen LogP contribution in [0.5, 0.6) is 0 Å². The second-order valence-electron chi connectivity index (χ2n) is 6.64. The van der Waals surface area contributed by atoms with Gasteiger partial charge in [0.2, 0.25) is 0 Å². The van der Waals surface area contributed by atoms with Crippen molar-refractivity contribution in [2.24, 2.45) is 5.92 Å². The van der Waals surface area contributed by atoms with E-state index in [-0.39, 0.29) is 11.8 Å². The van der Waals surface area contributed by atoms with Gasteiger partial charge in [-0.05, 0) is 31.4 Å². The molecule has 1 aliphatic rings. The fraction of sp³-hybridized carbons (Fsp3) is 0.368. The lowest BCUT2D eigenvalue weighted by Gasteiger charge is -2.43. The molecule has 5 heteroatoms. The summed E-state index contributed by atoms with van der Waals surface area (Å²) in [7, 11) is 0. The van der Waals surface area contributed by atoms with Crippen molar-refractivity contribution >= 4 is 17.5 Å². The lowest BCUT2D eigenvalue weighted by molar-refractivity contribution is -0.0507. The van der Waals surface area contributed by atoms with Gasteiger partial charge in [0.05, 0.1) is 16.2 Å². The molecule has 24 heavy (non-hydrogen) atoms. The van der Waals surface area contributed by atoms with E-state index < -0.39 is 5.60 Å². The van der Waals surface area contributed by atoms with Crippen LogP contribution in [0.15, 0.2) is 48.8 Å². The molecule has 1 aliphatic heterocycles. The number of halogens is 1. The maximum Gasteiger partial charge on any atom is 0.255 e. The second-order valence-corrected chi connectivity index (χ2v) is 7.07. The van der Waals surface area contributed by atoms with Crippen molar-refractivity contribution in [1.29, 1.82) is 0 Å². The van der Waals surface area contributed by atoms with Crippen LogP contribution >= 0.6 is 11.6 Å². The van der Waals surface area contributed by atoms with Crippen molar-refractivity contribution in [2.75, 3.05) is 13.1 Å². The first kappa shape index (κ1) is 16.9. The number of carbonyl (C=O) groups is 1. The number of benzene rings is 1. The Morgan fingerprint density at radius 1 is 1.38 bits per heavy atom. The van der Waals surface area contributed by atoms with Gasteiger partial charge in [-0.3, -0.25) is 9.78 Å². The molecule has 1 amide bonds. The van der Waals surface area contributed by atoms with E-state index in [0.29, 0.717) is 30.1 Å². The molecule has 126 valence electrons. The van der Waals surface area contributed by atoms with E-state index in [2.05, 4.69) is 17.1 Å². The fourth-order valence-corrected chi connectivity index (χ4v) is 3.37. The zero-order valence-corrected chi connectivity index (χ0v) is 14.4. The molecule has 2 atom stereocenters. The van der Waals surface area contributed by atoms with Crippen molar-refractivity contribution in [3.63, 3.8) is 0 Å². The number of hydrogen-bond acceptors (Lipinski definition) is 3. The number of rotatable bonds is 3. The number of amides is 1. The van der Waals surface area contributed by atoms with E-state index in [4.69, 9.17) is 11.6 Å². The number of piperidine rings is 1. The monoisotopic (exact) mass is 344 g/mol. The lowest BCUT2D eigenvalue weighted by Crippen LogP contribution is -2.52. The van der Waals surface area contributed by atoms with E-state index >= 15 is 0 Å². The molecule has 1 aromatic carbocycles. The minimum Gasteiger partial charge on any atom is -0.390 e. The first-order valence-electron chi connectivity index (χ1n) is 8.12. The largest absolute Gasteiger partial charge is 0.390 e. The van der Waals surface area contributed by atoms with Gasteiger partial charge in [-0.1, -0.05) is 41.9 Å². The number of aliphatic hydroxyl groups is 1. The summed E-state index contributed by atoms with van der Waals surface area (Å²) in [5, 5.41) is 11.2. The quantitative estimate of drug-likeness (QED) is 0.930. The zero-order chi connectivity index (χ0) is 17.2. The molecule has 0 bridgehead atoms. The number of likely N-dealkylation sites (tertiary alicyclic amines) is 1. The Balaban J connectivity index is 1.76. The predicted molar refractivity (Wildman–Crippen MR) is 94.0 cm³/mol. The van der Waals surface area contributed by atoms with E-state index in [1.54, 1.807) is 11.0 Å². The highest BCUT2D eigenvalue weighted by Crippen LogP contribution is 2.31. The molecule has 0 unspecified atom stereocenters. The Hall–Kier alpha value is -1.91. The van der Waals surface area contributed by atoms with Gasteiger partial charge in [-0.25, -0.2) is 0 Å². The Morgan fingerprint density at radius 2 is 2.12 bits per heavy atom. The summed E-state index contributed by atoms with van der Waals surface area (Å²) in [6.45, 7) is 2.92. The number of hydrogen-bond donors (Lipinski definition) is 1. The van der Waals surface area contributed by atoms with Crippen molar-refractivity contribution < 1.29 is 9.90 Å². The van der Waals surface area contributed by atoms with Crippen LogP contribution in [0.1, 0.15) is 29.3 Å². The summed E-state index contributed by atoms with van der Waals surface area (Å²) < 4.78 is 0. The highest BCUT2D eigenvalue weighted by molar-refractivity contribution is 6.30. The normalized spacial score (nSPS) is 24.0. The van der Waals surface area contributed by atoms with Gasteiger partial charge in [0.25, 0.3) is 5.91 Å². The van der Waals surface area contributed by atoms with Crippen LogP contribution in [0.2, 0.25) is 5.02 Å². The summed E-state index contributed by atoms with van der Waals surface area (Å²) in [5.74, 6) is -0.0942. The summed E-state index contributed by atoms with van der Waals surface area (Å²) >= 11 is 5.94. The number of pyridine rings is 1. The summed E-state index contributed by atoms with van der Waals surface area (Å²) in [4.78, 5) is 18.5. The van der Waals surface area contributed by atoms with Gasteiger partial charge >= 0.3 is 0 Å². The molecule has 1 N–H and O–H groups in total. The molecule has 1 aromatic heterocycles. The molecule has 3 rings (SSSR count). The topological polar surface area (TPSA) is 53.4 Å². The number of nitrogens with zero attached hydrogens (tertiary/aromatic N) is 2. The molecule has 0 saturated carbocycles. The Bertz CT molecular complexity index is 718. The lowest BCUT2D eigenvalue weighted by atomic mass is 9.78. The zero-order valence-electron chi connectivity index (χ0n) is 13.7. The third kappa shape index (κ3) is 3.77. The molecule has 0 aliphatic carbocycles. The van der Waals surface area contributed by atoms with Crippen LogP contribution in [0.25, 0.3) is 0 Å². The van der Waals surface area contributed by atoms with Crippen molar-refractivity contribution in [3.05, 3.63) is 64.9 Å². The molecule has 0 radical (unpaired) electrons. The van der Waals surface area contributed by atoms with E-state index in [1.807, 2.05) is 25.1 Å². The number of carbonyl (C=O) groups excluding carboxylic acids is 1. The van der Waals surface area contributed by atoms with Gasteiger partial charge in [0.15, 0.2) is 0 Å². The Morgan fingerprint density at radius 3 is 2.83 bits per heavy atom. The van der Waals surface area contributed by atoms with E-state index in [1.165, 1.54) is 18.0 Å². The van der Waals surface area contributed by atoms with Gasteiger partial charge in [0, 0.05) is 31.4 Å². The molecular formula is C19H21ClN2O2. The summed E-state index contributed by atoms with van der Waals surface area (Å²) in [5.41, 5.74) is 0.878. The molecular weight excluding hydrogens is 324 g/mol. The van der Waals surface area contributed by atoms with E-state index in [0.717, 1.165) is 6.42 Å². The van der Waals surface area contributed by atoms with Crippen molar-refractivity contribution in [1.82, 2.24) is 9.88 Å². The smallest absolute Gasteiger partial charge is 0.255 e. The van der Waals surface area contributed by atoms with E-state index in [9.17, 15) is 9.90 Å². The summed E-state index contributed by atoms with van der Waals surface area (Å²) in [6, 6.07) is 11.7. The maximum atomic E-state index is 12.7. The molecule has 0 spiro atoms. The van der Waals surface area contributed by atoms with Crippen LogP contribution in [-0.2, 0) is 6.42 Å². The average Bonchev–Trinajstić information content (AvgIpc) is 2.57. The fourth-order valence-electron chi connectivity index (χ4n) is 3.20. The minimum atomic E-state index is -0.779. The van der Waals surface area contributed by atoms with Gasteiger partial charge in [-0.15, -0.1) is 0 Å². The Labute approximate surface area is 147 Å². The first-order valence-corrected chi connectivity index (χ1v) is 8.49. The SMILES string of the molecule is C[C@]1(O)CCN(C(=O)c2cncc(Cl)c2)C[C@H]1Cc1ccccc1. The van der Waals surface area contributed by atoms with Crippen molar-refractivity contribution in [3.8, 4) is 0 Å². The standard InChI is InChI=1S/C19H21ClN2O2/c1-19(24)7-8-22(18(23)15-10-17(20)12-21-11-15)13-16(19)9-14-5-3-2-4-6-14/h2-6,10-12,16,24H,7-9,13H2,1H3/t16-,19+/m1/s1. The van der Waals surface area contributed by atoms with Crippen LogP contribution in [-0.4, -0.2) is 39.6 Å². The van der Waals surface area contributed by atoms with Crippen LogP contribution < -0.4 is 0 Å². The van der Waals surface area contributed by atoms with Crippen LogP contribution in [0, 0.1) is 5.92 Å². The minimum absolute atomic E-state index is 0.00950. The maximum absolute atomic E-state index is 12.7. The van der Waals surface area contributed by atoms with Gasteiger partial charge in [0.1, 0.15) is 0 Å². The molecule has 2 heterocycles. The van der Waals surface area contributed by atoms with Crippen molar-refractivity contribution in [2.45, 2.75) is 25.4 Å². The molecule has 2 aromatic rings. The highest BCUT2D eigenvalue weighted by atomic mass is 35.5. The number of aromatic nitrogens is 1. The highest BCUT2D eigenvalue weighted by Gasteiger charge is 2.39. The van der Waals surface area contributed by atoms with Gasteiger partial charge in [-0.2, -0.15) is 0 Å². The second kappa shape index (κ2) is 6.91. The van der Waals surface area contributed by atoms with Crippen LogP contribution in [0.3, 0.4) is 0 Å². The summed E-state index contributed by atoms with van der Waals surface area (Å²) in [6.07, 6.45) is 4.35. The average molecular weight is 345 g/mol. The van der Waals surface area contributed by atoms with Crippen LogP contribution in [0.4, 0.5) is 0 Å². The predicted octanol–water partition coefficient (Wildman–Crippen LogP) is 3.19. The molecule has 4 nitrogen and oxygen atoms in total. The third-order valence-corrected chi connectivity index (χ3v) is 4.98. The third-order valence-electron chi connectivity index (χ3n) is 4.77. The molecule has 1 fully saturated rings. The Kier molecular flexibility index (Phi) is 4.88. The first-order chi connectivity index (χ1) is 11.5. The van der Waals surface area contributed by atoms with Gasteiger partial charge < -0.3 is 10.0 Å².